The van der Waals surface area contributed by atoms with Crippen LogP contribution in [-0.2, 0) is 0 Å². The van der Waals surface area contributed by atoms with Gasteiger partial charge >= 0.3 is 5.69 Å². The van der Waals surface area contributed by atoms with Crippen molar-refractivity contribution in [2.24, 2.45) is 0 Å². The van der Waals surface area contributed by atoms with E-state index in [1.807, 2.05) is 13.0 Å². The number of nitrogens with zero attached hydrogens (tertiary/aromatic N) is 2. The highest BCUT2D eigenvalue weighted by molar-refractivity contribution is 5.85. The molecule has 0 unspecified atom stereocenters. The van der Waals surface area contributed by atoms with Gasteiger partial charge in [-0.3, -0.25) is 15.0 Å². The van der Waals surface area contributed by atoms with Gasteiger partial charge in [-0.1, -0.05) is 19.1 Å². The van der Waals surface area contributed by atoms with Crippen molar-refractivity contribution in [2.75, 3.05) is 26.2 Å². The molecule has 0 saturated carbocycles. The molecule has 6 nitrogen and oxygen atoms in total. The smallest absolute Gasteiger partial charge is 0.313 e. The van der Waals surface area contributed by atoms with Gasteiger partial charge in [0.05, 0.1) is 4.92 Å². The average Bonchev–Trinajstić information content (AvgIpc) is 2.43. The van der Waals surface area contributed by atoms with Gasteiger partial charge in [0.25, 0.3) is 0 Å². The number of nitrogens with one attached hydrogen (secondary N) is 1. The van der Waals surface area contributed by atoms with Gasteiger partial charge < -0.3 is 10.4 Å². The molecule has 2 N–H and O–H groups in total. The Morgan fingerprint density at radius 1 is 1.36 bits per heavy atom. The number of aryl methyl sites for hydroxylation is 1. The summed E-state index contributed by atoms with van der Waals surface area (Å²) in [4.78, 5) is 12.9. The predicted octanol–water partition coefficient (Wildman–Crippen LogP) is 2.81. The number of hydrogen-bond donors (Lipinski definition) is 2. The second kappa shape index (κ2) is 9.15. The number of halogens is 2. The summed E-state index contributed by atoms with van der Waals surface area (Å²) in [5.74, 6) is -0.180. The van der Waals surface area contributed by atoms with Crippen molar-refractivity contribution in [1.82, 2.24) is 10.2 Å². The second-order valence-corrected chi connectivity index (χ2v) is 5.14. The zero-order valence-electron chi connectivity index (χ0n) is 12.7. The van der Waals surface area contributed by atoms with Crippen LogP contribution < -0.4 is 5.32 Å². The molecular formula is C14H23Cl2N3O3. The third-order valence-corrected chi connectivity index (χ3v) is 3.90. The van der Waals surface area contributed by atoms with Gasteiger partial charge in [-0.2, -0.15) is 0 Å². The maximum atomic E-state index is 11.1. The summed E-state index contributed by atoms with van der Waals surface area (Å²) in [5, 5.41) is 24.7. The Balaban J connectivity index is 0.00000220. The van der Waals surface area contributed by atoms with Gasteiger partial charge in [0.2, 0.25) is 0 Å². The number of phenolic OH excluding ortho intramolecular Hbond substituents is 1. The normalized spacial score (nSPS) is 16.3. The monoisotopic (exact) mass is 351 g/mol. The number of piperazine rings is 1. The highest BCUT2D eigenvalue weighted by atomic mass is 35.5. The van der Waals surface area contributed by atoms with Crippen molar-refractivity contribution in [3.05, 3.63) is 33.4 Å². The van der Waals surface area contributed by atoms with Gasteiger partial charge in [0, 0.05) is 43.3 Å². The van der Waals surface area contributed by atoms with Crippen LogP contribution in [0.1, 0.15) is 30.5 Å². The summed E-state index contributed by atoms with van der Waals surface area (Å²) in [6.45, 7) is 7.28. The lowest BCUT2D eigenvalue weighted by Gasteiger charge is -2.34. The number of nitro benzene ring substituents is 1. The van der Waals surface area contributed by atoms with E-state index in [2.05, 4.69) is 10.2 Å². The summed E-state index contributed by atoms with van der Waals surface area (Å²) >= 11 is 0. The van der Waals surface area contributed by atoms with E-state index in [4.69, 9.17) is 0 Å². The van der Waals surface area contributed by atoms with Crippen LogP contribution in [0.4, 0.5) is 5.69 Å². The number of nitro groups is 1. The molecule has 1 aliphatic heterocycles. The SMILES string of the molecule is CC[C@H](c1ccc(C)c([N+](=O)[O-])c1O)N1CCNCC1.Cl.Cl. The molecule has 22 heavy (non-hydrogen) atoms. The summed E-state index contributed by atoms with van der Waals surface area (Å²) in [7, 11) is 0. The maximum Gasteiger partial charge on any atom is 0.313 e. The van der Waals surface area contributed by atoms with Crippen LogP contribution in [0.2, 0.25) is 0 Å². The van der Waals surface area contributed by atoms with Gasteiger partial charge in [-0.15, -0.1) is 24.8 Å². The third kappa shape index (κ3) is 4.23. The van der Waals surface area contributed by atoms with Crippen LogP contribution in [0.15, 0.2) is 12.1 Å². The summed E-state index contributed by atoms with van der Waals surface area (Å²) in [6, 6.07) is 3.56. The Labute approximate surface area is 142 Å². The van der Waals surface area contributed by atoms with E-state index in [0.29, 0.717) is 11.1 Å². The van der Waals surface area contributed by atoms with E-state index >= 15 is 0 Å². The summed E-state index contributed by atoms with van der Waals surface area (Å²) < 4.78 is 0. The zero-order chi connectivity index (χ0) is 14.7. The van der Waals surface area contributed by atoms with Crippen LogP contribution >= 0.6 is 24.8 Å². The predicted molar refractivity (Wildman–Crippen MR) is 91.5 cm³/mol. The van der Waals surface area contributed by atoms with Gasteiger partial charge in [0.1, 0.15) is 0 Å². The van der Waals surface area contributed by atoms with Crippen LogP contribution in [-0.4, -0.2) is 41.1 Å². The number of benzene rings is 1. The molecule has 1 aromatic rings. The largest absolute Gasteiger partial charge is 0.502 e. The molecule has 0 radical (unpaired) electrons. The Hall–Kier alpha value is -1.08. The minimum Gasteiger partial charge on any atom is -0.502 e. The number of aromatic hydroxyl groups is 1. The molecule has 1 aliphatic rings. The van der Waals surface area contributed by atoms with Crippen LogP contribution in [0.3, 0.4) is 0 Å². The van der Waals surface area contributed by atoms with Gasteiger partial charge in [-0.05, 0) is 13.3 Å². The lowest BCUT2D eigenvalue weighted by atomic mass is 9.98. The minimum atomic E-state index is -0.501. The lowest BCUT2D eigenvalue weighted by Crippen LogP contribution is -2.45. The number of phenols is 1. The van der Waals surface area contributed by atoms with Crippen LogP contribution in [0.25, 0.3) is 0 Å². The van der Waals surface area contributed by atoms with Crippen LogP contribution in [0.5, 0.6) is 5.75 Å². The van der Waals surface area contributed by atoms with Crippen molar-refractivity contribution in [1.29, 1.82) is 0 Å². The fraction of sp³-hybridized carbons (Fsp3) is 0.571. The molecule has 1 heterocycles. The fourth-order valence-electron chi connectivity index (χ4n) is 2.86. The molecule has 1 aromatic carbocycles. The van der Waals surface area contributed by atoms with Gasteiger partial charge in [0.15, 0.2) is 5.75 Å². The van der Waals surface area contributed by atoms with Gasteiger partial charge in [-0.25, -0.2) is 0 Å². The average molecular weight is 352 g/mol. The van der Waals surface area contributed by atoms with E-state index in [1.165, 1.54) is 0 Å². The van der Waals surface area contributed by atoms with Crippen molar-refractivity contribution in [3.63, 3.8) is 0 Å². The van der Waals surface area contributed by atoms with E-state index in [9.17, 15) is 15.2 Å². The van der Waals surface area contributed by atoms with E-state index in [-0.39, 0.29) is 42.3 Å². The molecule has 0 aliphatic carbocycles. The molecule has 0 aromatic heterocycles. The van der Waals surface area contributed by atoms with Crippen LogP contribution in [0, 0.1) is 17.0 Å². The Morgan fingerprint density at radius 3 is 2.45 bits per heavy atom. The number of hydrogen-bond acceptors (Lipinski definition) is 5. The Kier molecular flexibility index (Phi) is 8.70. The van der Waals surface area contributed by atoms with Crippen molar-refractivity contribution in [2.45, 2.75) is 26.3 Å². The zero-order valence-corrected chi connectivity index (χ0v) is 14.4. The maximum absolute atomic E-state index is 11.1. The standard InChI is InChI=1S/C14H21N3O3.2ClH/c1-3-12(16-8-6-15-7-9-16)11-5-4-10(2)13(14(11)18)17(19)20;;/h4-5,12,15,18H,3,6-9H2,1-2H3;2*1H/t12-;;/m1../s1. The Bertz CT molecular complexity index is 508. The molecule has 2 rings (SSSR count). The summed E-state index contributed by atoms with van der Waals surface area (Å²) in [6.07, 6.45) is 0.813. The first kappa shape index (κ1) is 20.9. The molecule has 0 spiro atoms. The van der Waals surface area contributed by atoms with E-state index in [0.717, 1.165) is 32.6 Å². The Morgan fingerprint density at radius 2 is 1.95 bits per heavy atom. The van der Waals surface area contributed by atoms with Crippen molar-refractivity contribution in [3.8, 4) is 5.75 Å². The quantitative estimate of drug-likeness (QED) is 0.644. The molecule has 1 atom stereocenters. The highest BCUT2D eigenvalue weighted by Gasteiger charge is 2.28. The molecule has 1 saturated heterocycles. The molecule has 8 heteroatoms. The van der Waals surface area contributed by atoms with E-state index < -0.39 is 4.92 Å². The first-order valence-corrected chi connectivity index (χ1v) is 6.97. The third-order valence-electron chi connectivity index (χ3n) is 3.90. The first-order chi connectivity index (χ1) is 9.56. The fourth-order valence-corrected chi connectivity index (χ4v) is 2.86. The first-order valence-electron chi connectivity index (χ1n) is 6.97. The second-order valence-electron chi connectivity index (χ2n) is 5.14. The minimum absolute atomic E-state index is 0. The van der Waals surface area contributed by atoms with Crippen molar-refractivity contribution < 1.29 is 10.0 Å². The number of rotatable bonds is 4. The van der Waals surface area contributed by atoms with Crippen molar-refractivity contribution >= 4 is 30.5 Å². The summed E-state index contributed by atoms with van der Waals surface area (Å²) in [5.41, 5.74) is 0.981. The molecular weight excluding hydrogens is 329 g/mol. The molecule has 1 fully saturated rings. The molecule has 0 amide bonds. The topological polar surface area (TPSA) is 78.6 Å². The lowest BCUT2D eigenvalue weighted by molar-refractivity contribution is -0.386. The molecule has 126 valence electrons. The molecule has 0 bridgehead atoms. The van der Waals surface area contributed by atoms with E-state index in [1.54, 1.807) is 13.0 Å². The highest BCUT2D eigenvalue weighted by Crippen LogP contribution is 2.39.